The molecule has 2 rings (SSSR count). The molecule has 1 aliphatic rings. The topological polar surface area (TPSA) is 78.4 Å². The smallest absolute Gasteiger partial charge is 0.335 e. The Kier molecular flexibility index (Phi) is 3.50. The number of carboxylic acid groups (broad SMARTS) is 1. The summed E-state index contributed by atoms with van der Waals surface area (Å²) in [6, 6.07) is 4.38. The third-order valence-electron chi connectivity index (χ3n) is 2.98. The fourth-order valence-electron chi connectivity index (χ4n) is 1.62. The summed E-state index contributed by atoms with van der Waals surface area (Å²) in [4.78, 5) is 22.5. The van der Waals surface area contributed by atoms with E-state index in [1.165, 1.54) is 25.0 Å². The number of carbonyl (C=O) groups excluding carboxylic acids is 1. The lowest BCUT2D eigenvalue weighted by molar-refractivity contribution is 0.0697. The second-order valence-corrected chi connectivity index (χ2v) is 4.61. The Hall–Kier alpha value is -2.04. The Morgan fingerprint density at radius 2 is 2.11 bits per heavy atom. The SMILES string of the molecule is Cc1ccc(C(=O)O)cc1NC(=O)NCC1CC1. The number of hydrogen-bond donors (Lipinski definition) is 3. The Bertz CT molecular complexity index is 481. The van der Waals surface area contributed by atoms with Gasteiger partial charge in [-0.05, 0) is 43.4 Å². The van der Waals surface area contributed by atoms with E-state index in [1.54, 1.807) is 6.07 Å². The number of rotatable bonds is 4. The molecule has 1 fully saturated rings. The van der Waals surface area contributed by atoms with Crippen molar-refractivity contribution in [1.29, 1.82) is 0 Å². The summed E-state index contributed by atoms with van der Waals surface area (Å²) in [6.07, 6.45) is 2.35. The third-order valence-corrected chi connectivity index (χ3v) is 2.98. The summed E-state index contributed by atoms with van der Waals surface area (Å²) in [7, 11) is 0. The van der Waals surface area contributed by atoms with Crippen LogP contribution in [0, 0.1) is 12.8 Å². The zero-order chi connectivity index (χ0) is 13.1. The van der Waals surface area contributed by atoms with Crippen LogP contribution in [0.3, 0.4) is 0 Å². The maximum absolute atomic E-state index is 11.6. The summed E-state index contributed by atoms with van der Waals surface area (Å²) < 4.78 is 0. The van der Waals surface area contributed by atoms with E-state index in [4.69, 9.17) is 5.11 Å². The Balaban J connectivity index is 1.99. The van der Waals surface area contributed by atoms with Gasteiger partial charge in [-0.3, -0.25) is 0 Å². The van der Waals surface area contributed by atoms with Gasteiger partial charge >= 0.3 is 12.0 Å². The fourth-order valence-corrected chi connectivity index (χ4v) is 1.62. The van der Waals surface area contributed by atoms with E-state index in [-0.39, 0.29) is 11.6 Å². The molecule has 1 aromatic carbocycles. The van der Waals surface area contributed by atoms with Gasteiger partial charge in [-0.25, -0.2) is 9.59 Å². The zero-order valence-electron chi connectivity index (χ0n) is 10.2. The van der Waals surface area contributed by atoms with Crippen LogP contribution in [-0.2, 0) is 0 Å². The first-order valence-electron chi connectivity index (χ1n) is 5.95. The normalized spacial score (nSPS) is 14.1. The molecule has 0 radical (unpaired) electrons. The molecule has 0 aromatic heterocycles. The quantitative estimate of drug-likeness (QED) is 0.764. The molecule has 2 amide bonds. The second kappa shape index (κ2) is 5.08. The molecular formula is C13H16N2O3. The first kappa shape index (κ1) is 12.4. The maximum Gasteiger partial charge on any atom is 0.335 e. The van der Waals surface area contributed by atoms with Crippen LogP contribution in [0.15, 0.2) is 18.2 Å². The number of carbonyl (C=O) groups is 2. The molecule has 1 saturated carbocycles. The molecular weight excluding hydrogens is 232 g/mol. The standard InChI is InChI=1S/C13H16N2O3/c1-8-2-5-10(12(16)17)6-11(8)15-13(18)14-7-9-3-4-9/h2,5-6,9H,3-4,7H2,1H3,(H,16,17)(H2,14,15,18). The van der Waals surface area contributed by atoms with E-state index >= 15 is 0 Å². The predicted molar refractivity (Wildman–Crippen MR) is 67.9 cm³/mol. The molecule has 0 spiro atoms. The zero-order valence-corrected chi connectivity index (χ0v) is 10.2. The summed E-state index contributed by atoms with van der Waals surface area (Å²) >= 11 is 0. The van der Waals surface area contributed by atoms with E-state index < -0.39 is 5.97 Å². The largest absolute Gasteiger partial charge is 0.478 e. The first-order chi connectivity index (χ1) is 8.56. The number of amides is 2. The van der Waals surface area contributed by atoms with Crippen molar-refractivity contribution in [3.8, 4) is 0 Å². The molecule has 5 heteroatoms. The second-order valence-electron chi connectivity index (χ2n) is 4.61. The number of benzene rings is 1. The maximum atomic E-state index is 11.6. The van der Waals surface area contributed by atoms with E-state index in [0.717, 1.165) is 5.56 Å². The van der Waals surface area contributed by atoms with Gasteiger partial charge < -0.3 is 15.7 Å². The van der Waals surface area contributed by atoms with Crippen LogP contribution in [0.4, 0.5) is 10.5 Å². The minimum atomic E-state index is -1.00. The number of aromatic carboxylic acids is 1. The molecule has 0 atom stereocenters. The van der Waals surface area contributed by atoms with Gasteiger partial charge in [-0.15, -0.1) is 0 Å². The van der Waals surface area contributed by atoms with Gasteiger partial charge in [0, 0.05) is 12.2 Å². The highest BCUT2D eigenvalue weighted by atomic mass is 16.4. The summed E-state index contributed by atoms with van der Waals surface area (Å²) in [5.74, 6) is -0.390. The molecule has 0 bridgehead atoms. The minimum absolute atomic E-state index is 0.165. The van der Waals surface area contributed by atoms with Gasteiger partial charge in [0.2, 0.25) is 0 Å². The highest BCUT2D eigenvalue weighted by Crippen LogP contribution is 2.27. The van der Waals surface area contributed by atoms with Gasteiger partial charge in [0.05, 0.1) is 5.56 Å². The van der Waals surface area contributed by atoms with Gasteiger partial charge in [0.15, 0.2) is 0 Å². The average Bonchev–Trinajstić information content (AvgIpc) is 3.13. The summed E-state index contributed by atoms with van der Waals surface area (Å²) in [6.45, 7) is 2.51. The average molecular weight is 248 g/mol. The highest BCUT2D eigenvalue weighted by molar-refractivity contribution is 5.93. The van der Waals surface area contributed by atoms with E-state index in [0.29, 0.717) is 18.2 Å². The number of nitrogens with one attached hydrogen (secondary N) is 2. The van der Waals surface area contributed by atoms with Crippen molar-refractivity contribution >= 4 is 17.7 Å². The number of anilines is 1. The van der Waals surface area contributed by atoms with Crippen molar-refractivity contribution in [3.05, 3.63) is 29.3 Å². The molecule has 5 nitrogen and oxygen atoms in total. The molecule has 0 unspecified atom stereocenters. The molecule has 18 heavy (non-hydrogen) atoms. The molecule has 3 N–H and O–H groups in total. The third kappa shape index (κ3) is 3.23. The summed E-state index contributed by atoms with van der Waals surface area (Å²) in [5.41, 5.74) is 1.53. The molecule has 0 saturated heterocycles. The minimum Gasteiger partial charge on any atom is -0.478 e. The van der Waals surface area contributed by atoms with Crippen molar-refractivity contribution in [2.75, 3.05) is 11.9 Å². The van der Waals surface area contributed by atoms with Gasteiger partial charge in [0.25, 0.3) is 0 Å². The van der Waals surface area contributed by atoms with Crippen LogP contribution in [0.1, 0.15) is 28.8 Å². The molecule has 96 valence electrons. The van der Waals surface area contributed by atoms with Crippen molar-refractivity contribution in [1.82, 2.24) is 5.32 Å². The molecule has 1 aliphatic carbocycles. The van der Waals surface area contributed by atoms with Gasteiger partial charge in [0.1, 0.15) is 0 Å². The first-order valence-corrected chi connectivity index (χ1v) is 5.95. The summed E-state index contributed by atoms with van der Waals surface area (Å²) in [5, 5.41) is 14.3. The van der Waals surface area contributed by atoms with Crippen molar-refractivity contribution in [3.63, 3.8) is 0 Å². The van der Waals surface area contributed by atoms with Crippen LogP contribution in [0.5, 0.6) is 0 Å². The van der Waals surface area contributed by atoms with Crippen LogP contribution in [0.25, 0.3) is 0 Å². The van der Waals surface area contributed by atoms with Gasteiger partial charge in [-0.1, -0.05) is 6.07 Å². The van der Waals surface area contributed by atoms with Crippen LogP contribution in [0.2, 0.25) is 0 Å². The number of urea groups is 1. The number of aryl methyl sites for hydroxylation is 1. The lowest BCUT2D eigenvalue weighted by atomic mass is 10.1. The van der Waals surface area contributed by atoms with Crippen LogP contribution in [-0.4, -0.2) is 23.7 Å². The predicted octanol–water partition coefficient (Wildman–Crippen LogP) is 2.22. The molecule has 0 aliphatic heterocycles. The van der Waals surface area contributed by atoms with E-state index in [9.17, 15) is 9.59 Å². The highest BCUT2D eigenvalue weighted by Gasteiger charge is 2.21. The van der Waals surface area contributed by atoms with Crippen LogP contribution < -0.4 is 10.6 Å². The molecule has 0 heterocycles. The lowest BCUT2D eigenvalue weighted by Crippen LogP contribution is -2.30. The Labute approximate surface area is 105 Å². The number of hydrogen-bond acceptors (Lipinski definition) is 2. The van der Waals surface area contributed by atoms with Crippen molar-refractivity contribution < 1.29 is 14.7 Å². The Morgan fingerprint density at radius 3 is 2.72 bits per heavy atom. The van der Waals surface area contributed by atoms with Crippen molar-refractivity contribution in [2.45, 2.75) is 19.8 Å². The van der Waals surface area contributed by atoms with Gasteiger partial charge in [-0.2, -0.15) is 0 Å². The lowest BCUT2D eigenvalue weighted by Gasteiger charge is -2.10. The van der Waals surface area contributed by atoms with Crippen LogP contribution >= 0.6 is 0 Å². The number of carboxylic acids is 1. The van der Waals surface area contributed by atoms with E-state index in [2.05, 4.69) is 10.6 Å². The fraction of sp³-hybridized carbons (Fsp3) is 0.385. The Morgan fingerprint density at radius 1 is 1.39 bits per heavy atom. The molecule has 1 aromatic rings. The van der Waals surface area contributed by atoms with Crippen molar-refractivity contribution in [2.24, 2.45) is 5.92 Å². The van der Waals surface area contributed by atoms with E-state index in [1.807, 2.05) is 6.92 Å². The monoisotopic (exact) mass is 248 g/mol.